The normalized spacial score (nSPS) is 12.4. The molecule has 0 aliphatic rings. The Hall–Kier alpha value is -2.22. The average Bonchev–Trinajstić information content (AvgIpc) is 3.03. The van der Waals surface area contributed by atoms with Crippen molar-refractivity contribution in [3.8, 4) is 10.9 Å². The lowest BCUT2D eigenvalue weighted by molar-refractivity contribution is 0.0398. The number of thiazole rings is 1. The lowest BCUT2D eigenvalue weighted by Crippen LogP contribution is -2.18. The zero-order valence-electron chi connectivity index (χ0n) is 17.6. The summed E-state index contributed by atoms with van der Waals surface area (Å²) in [5.41, 5.74) is 6.95. The predicted molar refractivity (Wildman–Crippen MR) is 117 cm³/mol. The fourth-order valence-electron chi connectivity index (χ4n) is 2.47. The van der Waals surface area contributed by atoms with Gasteiger partial charge >= 0.3 is 0 Å². The molecule has 28 heavy (non-hydrogen) atoms. The highest BCUT2D eigenvalue weighted by molar-refractivity contribution is 7.13. The Labute approximate surface area is 171 Å². The molecule has 0 saturated heterocycles. The van der Waals surface area contributed by atoms with E-state index in [-0.39, 0.29) is 6.04 Å². The summed E-state index contributed by atoms with van der Waals surface area (Å²) in [4.78, 5) is 17.6. The second-order valence-electron chi connectivity index (χ2n) is 6.69. The zero-order valence-corrected chi connectivity index (χ0v) is 18.4. The van der Waals surface area contributed by atoms with Crippen molar-refractivity contribution in [1.29, 1.82) is 0 Å². The number of hydrogen-bond donors (Lipinski definition) is 1. The lowest BCUT2D eigenvalue weighted by atomic mass is 10.1. The molecule has 1 atom stereocenters. The first-order valence-corrected chi connectivity index (χ1v) is 10.2. The number of hydroxylamine groups is 1. The van der Waals surface area contributed by atoms with Crippen LogP contribution in [0.15, 0.2) is 29.8 Å². The van der Waals surface area contributed by atoms with Gasteiger partial charge in [0.05, 0.1) is 35.2 Å². The van der Waals surface area contributed by atoms with E-state index in [0.29, 0.717) is 11.8 Å². The van der Waals surface area contributed by atoms with Crippen molar-refractivity contribution in [1.82, 2.24) is 15.4 Å². The Morgan fingerprint density at radius 2 is 2.07 bits per heavy atom. The molecule has 1 aromatic heterocycles. The van der Waals surface area contributed by atoms with Crippen molar-refractivity contribution < 1.29 is 9.57 Å². The van der Waals surface area contributed by atoms with Crippen LogP contribution in [0.25, 0.3) is 0 Å². The van der Waals surface area contributed by atoms with E-state index in [4.69, 9.17) is 9.57 Å². The van der Waals surface area contributed by atoms with Crippen LogP contribution in [0.2, 0.25) is 0 Å². The highest BCUT2D eigenvalue weighted by Gasteiger charge is 2.16. The molecule has 0 aliphatic heterocycles. The van der Waals surface area contributed by atoms with Crippen LogP contribution in [-0.4, -0.2) is 36.4 Å². The average molecular weight is 403 g/mol. The largest absolute Gasteiger partial charge is 0.431 e. The Bertz CT molecular complexity index is 832. The molecule has 0 bridgehead atoms. The monoisotopic (exact) mass is 402 g/mol. The summed E-state index contributed by atoms with van der Waals surface area (Å²) >= 11 is 1.52. The third kappa shape index (κ3) is 5.89. The van der Waals surface area contributed by atoms with Crippen LogP contribution in [0, 0.1) is 20.8 Å². The SMILES string of the molecule is C=CCONC(C)c1sc(Oc2cc(C)c(N=CN(C)CC)cc2C)nc1C. The first-order chi connectivity index (χ1) is 13.3. The topological polar surface area (TPSA) is 59.0 Å². The maximum absolute atomic E-state index is 6.09. The van der Waals surface area contributed by atoms with Crippen molar-refractivity contribution in [3.63, 3.8) is 0 Å². The van der Waals surface area contributed by atoms with Gasteiger partial charge in [0.1, 0.15) is 5.75 Å². The molecule has 1 unspecified atom stereocenters. The van der Waals surface area contributed by atoms with Gasteiger partial charge in [0.15, 0.2) is 0 Å². The summed E-state index contributed by atoms with van der Waals surface area (Å²) in [7, 11) is 2.00. The third-order valence-electron chi connectivity index (χ3n) is 4.25. The first-order valence-electron chi connectivity index (χ1n) is 9.34. The van der Waals surface area contributed by atoms with Gasteiger partial charge in [0.2, 0.25) is 0 Å². The van der Waals surface area contributed by atoms with E-state index in [2.05, 4.69) is 29.0 Å². The Balaban J connectivity index is 2.15. The van der Waals surface area contributed by atoms with Gasteiger partial charge in [-0.2, -0.15) is 5.48 Å². The number of hydrogen-bond acceptors (Lipinski definition) is 6. The van der Waals surface area contributed by atoms with E-state index in [1.165, 1.54) is 11.3 Å². The zero-order chi connectivity index (χ0) is 20.7. The van der Waals surface area contributed by atoms with Crippen LogP contribution in [0.3, 0.4) is 0 Å². The molecule has 0 radical (unpaired) electrons. The Morgan fingerprint density at radius 3 is 2.75 bits per heavy atom. The van der Waals surface area contributed by atoms with Crippen LogP contribution >= 0.6 is 11.3 Å². The summed E-state index contributed by atoms with van der Waals surface area (Å²) in [5, 5.41) is 0.620. The molecule has 0 amide bonds. The summed E-state index contributed by atoms with van der Waals surface area (Å²) in [5.74, 6) is 0.795. The third-order valence-corrected chi connectivity index (χ3v) is 5.47. The van der Waals surface area contributed by atoms with Gasteiger partial charge in [-0.15, -0.1) is 6.58 Å². The van der Waals surface area contributed by atoms with Crippen molar-refractivity contribution >= 4 is 23.4 Å². The highest BCUT2D eigenvalue weighted by Crippen LogP contribution is 2.36. The Kier molecular flexibility index (Phi) is 8.17. The number of nitrogens with one attached hydrogen (secondary N) is 1. The van der Waals surface area contributed by atoms with Gasteiger partial charge in [-0.1, -0.05) is 17.4 Å². The maximum Gasteiger partial charge on any atom is 0.279 e. The fraction of sp³-hybridized carbons (Fsp3) is 0.429. The van der Waals surface area contributed by atoms with Crippen LogP contribution in [0.4, 0.5) is 5.69 Å². The van der Waals surface area contributed by atoms with Crippen molar-refractivity contribution in [2.24, 2.45) is 4.99 Å². The van der Waals surface area contributed by atoms with E-state index in [9.17, 15) is 0 Å². The standard InChI is InChI=1S/C21H30N4O2S/c1-8-10-26-24-17(6)20-16(5)23-21(28-20)27-19-12-14(3)18(11-15(19)4)22-13-25(7)9-2/h8,11-13,17,24H,1,9-10H2,2-7H3. The van der Waals surface area contributed by atoms with Crippen LogP contribution in [0.5, 0.6) is 10.9 Å². The summed E-state index contributed by atoms with van der Waals surface area (Å²) in [6.07, 6.45) is 3.55. The number of aromatic nitrogens is 1. The number of nitrogens with zero attached hydrogens (tertiary/aromatic N) is 3. The molecule has 152 valence electrons. The molecular formula is C21H30N4O2S. The number of aryl methyl sites for hydroxylation is 3. The van der Waals surface area contributed by atoms with E-state index in [1.54, 1.807) is 6.08 Å². The predicted octanol–water partition coefficient (Wildman–Crippen LogP) is 5.24. The van der Waals surface area contributed by atoms with Gasteiger partial charge in [0, 0.05) is 13.6 Å². The van der Waals surface area contributed by atoms with E-state index < -0.39 is 0 Å². The minimum Gasteiger partial charge on any atom is -0.431 e. The molecule has 7 heteroatoms. The summed E-state index contributed by atoms with van der Waals surface area (Å²) in [6.45, 7) is 15.2. The quantitative estimate of drug-likeness (QED) is 0.194. The number of ether oxygens (including phenoxy) is 1. The molecule has 0 fully saturated rings. The molecule has 0 spiro atoms. The Morgan fingerprint density at radius 1 is 1.32 bits per heavy atom. The number of rotatable bonds is 10. The molecular weight excluding hydrogens is 372 g/mol. The van der Waals surface area contributed by atoms with E-state index >= 15 is 0 Å². The number of benzene rings is 1. The summed E-state index contributed by atoms with van der Waals surface area (Å²) < 4.78 is 6.09. The molecule has 0 saturated carbocycles. The minimum absolute atomic E-state index is 0.0184. The molecule has 6 nitrogen and oxygen atoms in total. The van der Waals surface area contributed by atoms with Crippen molar-refractivity contribution in [2.45, 2.75) is 40.7 Å². The van der Waals surface area contributed by atoms with Crippen LogP contribution in [0.1, 0.15) is 41.6 Å². The van der Waals surface area contributed by atoms with Gasteiger partial charge in [-0.3, -0.25) is 4.84 Å². The van der Waals surface area contributed by atoms with Gasteiger partial charge in [-0.05, 0) is 57.9 Å². The molecule has 1 aromatic carbocycles. The minimum atomic E-state index is 0.0184. The molecule has 2 aromatic rings. The molecule has 1 heterocycles. The van der Waals surface area contributed by atoms with Crippen molar-refractivity contribution in [2.75, 3.05) is 20.2 Å². The van der Waals surface area contributed by atoms with Gasteiger partial charge in [0.25, 0.3) is 5.19 Å². The second-order valence-corrected chi connectivity index (χ2v) is 7.69. The first kappa shape index (κ1) is 22.1. The molecule has 0 aliphatic carbocycles. The number of aliphatic imine (C=N–C) groups is 1. The second kappa shape index (κ2) is 10.4. The molecule has 1 N–H and O–H groups in total. The fourth-order valence-corrected chi connectivity index (χ4v) is 3.39. The van der Waals surface area contributed by atoms with Crippen LogP contribution in [-0.2, 0) is 4.84 Å². The van der Waals surface area contributed by atoms with Crippen molar-refractivity contribution in [3.05, 3.63) is 46.5 Å². The van der Waals surface area contributed by atoms with E-state index in [0.717, 1.165) is 39.7 Å². The summed E-state index contributed by atoms with van der Waals surface area (Å²) in [6, 6.07) is 4.07. The van der Waals surface area contributed by atoms with E-state index in [1.807, 2.05) is 58.1 Å². The highest BCUT2D eigenvalue weighted by atomic mass is 32.1. The molecule has 2 rings (SSSR count). The smallest absolute Gasteiger partial charge is 0.279 e. The van der Waals surface area contributed by atoms with Crippen LogP contribution < -0.4 is 10.2 Å². The van der Waals surface area contributed by atoms with Gasteiger partial charge < -0.3 is 9.64 Å². The maximum atomic E-state index is 6.09. The lowest BCUT2D eigenvalue weighted by Gasteiger charge is -2.12. The van der Waals surface area contributed by atoms with Gasteiger partial charge in [-0.25, -0.2) is 9.98 Å².